The molecule has 1 saturated heterocycles. The minimum atomic E-state index is -0.330. The van der Waals surface area contributed by atoms with Gasteiger partial charge in [-0.1, -0.05) is 0 Å². The number of H-pyrrole nitrogens is 1. The van der Waals surface area contributed by atoms with Crippen LogP contribution in [-0.4, -0.2) is 51.6 Å². The zero-order valence-electron chi connectivity index (χ0n) is 12.8. The van der Waals surface area contributed by atoms with Gasteiger partial charge < -0.3 is 15.4 Å². The number of carbonyl (C=O) groups is 1. The van der Waals surface area contributed by atoms with Crippen molar-refractivity contribution in [3.05, 3.63) is 40.8 Å². The van der Waals surface area contributed by atoms with Crippen LogP contribution in [-0.2, 0) is 4.79 Å². The van der Waals surface area contributed by atoms with Gasteiger partial charge >= 0.3 is 6.01 Å². The highest BCUT2D eigenvalue weighted by Gasteiger charge is 2.19. The summed E-state index contributed by atoms with van der Waals surface area (Å²) in [5, 5.41) is 0.421. The molecule has 2 aromatic rings. The van der Waals surface area contributed by atoms with Crippen molar-refractivity contribution in [2.45, 2.75) is 12.5 Å². The second kappa shape index (κ2) is 6.90. The zero-order valence-corrected chi connectivity index (χ0v) is 12.8. The van der Waals surface area contributed by atoms with Crippen LogP contribution in [0.3, 0.4) is 0 Å². The second-order valence-electron chi connectivity index (χ2n) is 5.26. The van der Waals surface area contributed by atoms with E-state index in [1.54, 1.807) is 11.0 Å². The maximum atomic E-state index is 12.0. The first-order valence-electron chi connectivity index (χ1n) is 7.36. The minimum absolute atomic E-state index is 0.00145. The summed E-state index contributed by atoms with van der Waals surface area (Å²) in [4.78, 5) is 39.3. The summed E-state index contributed by atoms with van der Waals surface area (Å²) in [6.45, 7) is 1.25. The van der Waals surface area contributed by atoms with Gasteiger partial charge in [0.05, 0.1) is 29.4 Å². The van der Waals surface area contributed by atoms with Crippen molar-refractivity contribution in [1.29, 1.82) is 0 Å². The van der Waals surface area contributed by atoms with Crippen LogP contribution in [0, 0.1) is 0 Å². The fourth-order valence-electron chi connectivity index (χ4n) is 2.40. The molecule has 9 heteroatoms. The highest BCUT2D eigenvalue weighted by Crippen LogP contribution is 2.12. The van der Waals surface area contributed by atoms with E-state index in [4.69, 9.17) is 10.5 Å². The Hall–Kier alpha value is -3.23. The standard InChI is InChI=1S/C15H16N6O3/c16-5-11(6-18-10-2-4-21(8-10)9-22)24-15-19-13-7-17-3-1-12(13)14(23)20-15/h1,3,5-7,9-10H,2,4,8,16H2,(H,19,20,23). The number of fused-ring (bicyclic) bond motifs is 1. The maximum Gasteiger partial charge on any atom is 0.302 e. The van der Waals surface area contributed by atoms with Crippen LogP contribution >= 0.6 is 0 Å². The van der Waals surface area contributed by atoms with Crippen molar-refractivity contribution in [1.82, 2.24) is 19.9 Å². The van der Waals surface area contributed by atoms with Crippen molar-refractivity contribution < 1.29 is 9.53 Å². The first kappa shape index (κ1) is 15.7. The van der Waals surface area contributed by atoms with E-state index >= 15 is 0 Å². The lowest BCUT2D eigenvalue weighted by molar-refractivity contribution is -0.117. The van der Waals surface area contributed by atoms with E-state index in [1.165, 1.54) is 24.8 Å². The van der Waals surface area contributed by atoms with Gasteiger partial charge in [-0.25, -0.2) is 0 Å². The number of rotatable bonds is 5. The van der Waals surface area contributed by atoms with Gasteiger partial charge in [-0.3, -0.25) is 24.5 Å². The third-order valence-electron chi connectivity index (χ3n) is 3.62. The van der Waals surface area contributed by atoms with Crippen LogP contribution in [0.1, 0.15) is 6.42 Å². The molecule has 0 aliphatic carbocycles. The molecule has 3 heterocycles. The summed E-state index contributed by atoms with van der Waals surface area (Å²) in [6, 6.07) is 1.58. The Morgan fingerprint density at radius 1 is 1.54 bits per heavy atom. The van der Waals surface area contributed by atoms with Gasteiger partial charge in [0.25, 0.3) is 5.56 Å². The van der Waals surface area contributed by atoms with Crippen LogP contribution < -0.4 is 16.0 Å². The van der Waals surface area contributed by atoms with Crippen molar-refractivity contribution in [3.63, 3.8) is 0 Å². The molecule has 2 aromatic heterocycles. The third kappa shape index (κ3) is 3.40. The number of amides is 1. The Bertz CT molecular complexity index is 860. The largest absolute Gasteiger partial charge is 0.422 e. The highest BCUT2D eigenvalue weighted by atomic mass is 16.5. The smallest absolute Gasteiger partial charge is 0.302 e. The lowest BCUT2D eigenvalue weighted by Crippen LogP contribution is -2.19. The van der Waals surface area contributed by atoms with Gasteiger partial charge in [-0.05, 0) is 12.5 Å². The molecular weight excluding hydrogens is 312 g/mol. The number of aliphatic imine (C=N–C) groups is 1. The molecule has 3 N–H and O–H groups in total. The summed E-state index contributed by atoms with van der Waals surface area (Å²) in [5.74, 6) is 0.242. The first-order valence-corrected chi connectivity index (χ1v) is 7.36. The van der Waals surface area contributed by atoms with Crippen LogP contribution in [0.4, 0.5) is 0 Å². The highest BCUT2D eigenvalue weighted by molar-refractivity contribution is 5.78. The first-order chi connectivity index (χ1) is 11.7. The lowest BCUT2D eigenvalue weighted by atomic mass is 10.3. The number of nitrogens with one attached hydrogen (secondary N) is 1. The summed E-state index contributed by atoms with van der Waals surface area (Å²) >= 11 is 0. The Labute approximate surface area is 136 Å². The van der Waals surface area contributed by atoms with Gasteiger partial charge in [-0.15, -0.1) is 0 Å². The number of hydrogen-bond donors (Lipinski definition) is 2. The molecule has 0 aromatic carbocycles. The zero-order chi connectivity index (χ0) is 16.9. The molecule has 1 aliphatic rings. The molecule has 0 spiro atoms. The lowest BCUT2D eigenvalue weighted by Gasteiger charge is -2.07. The molecular formula is C15H16N6O3. The topological polar surface area (TPSA) is 127 Å². The SMILES string of the molecule is NC=C(C=NC1CCN(C=O)C1)Oc1nc2cnccc2c(=O)[nH]1. The average Bonchev–Trinajstić information content (AvgIpc) is 3.07. The molecule has 24 heavy (non-hydrogen) atoms. The minimum Gasteiger partial charge on any atom is -0.422 e. The third-order valence-corrected chi connectivity index (χ3v) is 3.62. The van der Waals surface area contributed by atoms with E-state index in [2.05, 4.69) is 19.9 Å². The number of allylic oxidation sites excluding steroid dienone is 1. The fraction of sp³-hybridized carbons (Fsp3) is 0.267. The van der Waals surface area contributed by atoms with Crippen molar-refractivity contribution in [2.24, 2.45) is 10.7 Å². The van der Waals surface area contributed by atoms with Gasteiger partial charge in [-0.2, -0.15) is 4.98 Å². The number of carbonyl (C=O) groups excluding carboxylic acids is 1. The van der Waals surface area contributed by atoms with Gasteiger partial charge in [0, 0.05) is 25.5 Å². The van der Waals surface area contributed by atoms with Crippen molar-refractivity contribution in [2.75, 3.05) is 13.1 Å². The molecule has 1 aliphatic heterocycles. The molecule has 3 rings (SSSR count). The van der Waals surface area contributed by atoms with Crippen LogP contribution in [0.25, 0.3) is 10.9 Å². The normalized spacial score (nSPS) is 18.4. The van der Waals surface area contributed by atoms with E-state index in [-0.39, 0.29) is 23.4 Å². The average molecular weight is 328 g/mol. The van der Waals surface area contributed by atoms with Gasteiger partial charge in [0.15, 0.2) is 5.76 Å². The van der Waals surface area contributed by atoms with Gasteiger partial charge in [0.2, 0.25) is 6.41 Å². The second-order valence-corrected chi connectivity index (χ2v) is 5.26. The number of nitrogens with two attached hydrogens (primary N) is 1. The predicted octanol–water partition coefficient (Wildman–Crippen LogP) is -0.202. The Morgan fingerprint density at radius 3 is 3.17 bits per heavy atom. The molecule has 0 saturated carbocycles. The number of ether oxygens (including phenoxy) is 1. The maximum absolute atomic E-state index is 12.0. The quantitative estimate of drug-likeness (QED) is 0.444. The van der Waals surface area contributed by atoms with E-state index in [0.29, 0.717) is 24.0 Å². The van der Waals surface area contributed by atoms with E-state index in [1.807, 2.05) is 0 Å². The van der Waals surface area contributed by atoms with Crippen LogP contribution in [0.2, 0.25) is 0 Å². The number of pyridine rings is 1. The summed E-state index contributed by atoms with van der Waals surface area (Å²) in [7, 11) is 0. The molecule has 1 fully saturated rings. The van der Waals surface area contributed by atoms with E-state index in [9.17, 15) is 9.59 Å². The van der Waals surface area contributed by atoms with Crippen LogP contribution in [0.15, 0.2) is 40.2 Å². The Morgan fingerprint density at radius 2 is 2.42 bits per heavy atom. The molecule has 124 valence electrons. The molecule has 1 atom stereocenters. The fourth-order valence-corrected chi connectivity index (χ4v) is 2.40. The van der Waals surface area contributed by atoms with E-state index < -0.39 is 0 Å². The Balaban J connectivity index is 1.74. The molecule has 0 radical (unpaired) electrons. The summed E-state index contributed by atoms with van der Waals surface area (Å²) in [5.41, 5.74) is 5.62. The van der Waals surface area contributed by atoms with Crippen molar-refractivity contribution >= 4 is 23.5 Å². The number of nitrogens with zero attached hydrogens (tertiary/aromatic N) is 4. The summed E-state index contributed by atoms with van der Waals surface area (Å²) in [6.07, 6.45) is 7.27. The Kier molecular flexibility index (Phi) is 4.50. The molecule has 0 bridgehead atoms. The molecule has 1 amide bonds. The van der Waals surface area contributed by atoms with Crippen molar-refractivity contribution in [3.8, 4) is 6.01 Å². The van der Waals surface area contributed by atoms with Crippen LogP contribution in [0.5, 0.6) is 6.01 Å². The predicted molar refractivity (Wildman–Crippen MR) is 87.6 cm³/mol. The molecule has 1 unspecified atom stereocenters. The number of aromatic amines is 1. The van der Waals surface area contributed by atoms with E-state index in [0.717, 1.165) is 12.8 Å². The monoisotopic (exact) mass is 328 g/mol. The number of likely N-dealkylation sites (tertiary alicyclic amines) is 1. The number of aromatic nitrogens is 3. The number of hydrogen-bond acceptors (Lipinski definition) is 7. The molecule has 9 nitrogen and oxygen atoms in total. The van der Waals surface area contributed by atoms with Gasteiger partial charge in [0.1, 0.15) is 0 Å². The summed E-state index contributed by atoms with van der Waals surface area (Å²) < 4.78 is 5.47.